The van der Waals surface area contributed by atoms with Crippen LogP contribution in [0.3, 0.4) is 0 Å². The summed E-state index contributed by atoms with van der Waals surface area (Å²) in [5.74, 6) is -0.0767. The van der Waals surface area contributed by atoms with E-state index >= 15 is 0 Å². The molecule has 0 aliphatic carbocycles. The van der Waals surface area contributed by atoms with Crippen LogP contribution in [0.15, 0.2) is 59.4 Å². The van der Waals surface area contributed by atoms with Gasteiger partial charge in [-0.1, -0.05) is 30.3 Å². The Labute approximate surface area is 167 Å². The van der Waals surface area contributed by atoms with E-state index in [1.807, 2.05) is 42.5 Å². The highest BCUT2D eigenvalue weighted by atomic mass is 32.2. The van der Waals surface area contributed by atoms with Gasteiger partial charge in [0.05, 0.1) is 15.7 Å². The van der Waals surface area contributed by atoms with Crippen molar-refractivity contribution >= 4 is 43.6 Å². The van der Waals surface area contributed by atoms with Gasteiger partial charge in [-0.2, -0.15) is 4.31 Å². The largest absolute Gasteiger partial charge is 0.336 e. The molecule has 1 aromatic heterocycles. The van der Waals surface area contributed by atoms with Crippen molar-refractivity contribution in [2.24, 2.45) is 0 Å². The van der Waals surface area contributed by atoms with E-state index in [1.165, 1.54) is 21.1 Å². The summed E-state index contributed by atoms with van der Waals surface area (Å²) in [5, 5.41) is 1.23. The van der Waals surface area contributed by atoms with Gasteiger partial charge in [0.25, 0.3) is 5.91 Å². The maximum absolute atomic E-state index is 12.8. The Kier molecular flexibility index (Phi) is 5.25. The topological polar surface area (TPSA) is 70.6 Å². The SMILES string of the molecule is O=C(c1ccc2ncsc2c1)N1CCN(S(=O)(=O)/C=C/c2ccccc2)CC1. The molecule has 1 saturated heterocycles. The van der Waals surface area contributed by atoms with Gasteiger partial charge in [0.15, 0.2) is 0 Å². The summed E-state index contributed by atoms with van der Waals surface area (Å²) in [5.41, 5.74) is 4.07. The van der Waals surface area contributed by atoms with Crippen molar-refractivity contribution in [3.05, 3.63) is 70.6 Å². The Balaban J connectivity index is 1.41. The molecular weight excluding hydrogens is 394 g/mol. The summed E-state index contributed by atoms with van der Waals surface area (Å²) in [7, 11) is -3.51. The number of aromatic nitrogens is 1. The Morgan fingerprint density at radius 3 is 2.54 bits per heavy atom. The lowest BCUT2D eigenvalue weighted by Crippen LogP contribution is -2.50. The molecular formula is C20H19N3O3S2. The summed E-state index contributed by atoms with van der Waals surface area (Å²) in [6.45, 7) is 1.32. The van der Waals surface area contributed by atoms with Gasteiger partial charge in [0, 0.05) is 37.2 Å². The Bertz CT molecular complexity index is 1120. The Morgan fingerprint density at radius 2 is 1.79 bits per heavy atom. The number of carbonyl (C=O) groups is 1. The lowest BCUT2D eigenvalue weighted by molar-refractivity contribution is 0.0699. The predicted molar refractivity (Wildman–Crippen MR) is 111 cm³/mol. The molecule has 1 fully saturated rings. The molecule has 1 aliphatic heterocycles. The second kappa shape index (κ2) is 7.83. The van der Waals surface area contributed by atoms with Gasteiger partial charge in [-0.3, -0.25) is 4.79 Å². The smallest absolute Gasteiger partial charge is 0.253 e. The molecule has 0 saturated carbocycles. The van der Waals surface area contributed by atoms with E-state index in [0.29, 0.717) is 18.7 Å². The molecule has 0 N–H and O–H groups in total. The van der Waals surface area contributed by atoms with Crippen molar-refractivity contribution in [3.8, 4) is 0 Å². The number of carbonyl (C=O) groups excluding carboxylic acids is 1. The van der Waals surface area contributed by atoms with Gasteiger partial charge in [-0.15, -0.1) is 11.3 Å². The predicted octanol–water partition coefficient (Wildman–Crippen LogP) is 3.05. The summed E-state index contributed by atoms with van der Waals surface area (Å²) in [6, 6.07) is 14.8. The number of hydrogen-bond donors (Lipinski definition) is 0. The number of rotatable bonds is 4. The van der Waals surface area contributed by atoms with Crippen LogP contribution in [0.5, 0.6) is 0 Å². The second-order valence-electron chi connectivity index (χ2n) is 6.48. The van der Waals surface area contributed by atoms with Crippen LogP contribution in [0.4, 0.5) is 0 Å². The lowest BCUT2D eigenvalue weighted by atomic mass is 10.2. The molecule has 2 heterocycles. The first kappa shape index (κ1) is 18.8. The van der Waals surface area contributed by atoms with Crippen molar-refractivity contribution in [1.82, 2.24) is 14.2 Å². The standard InChI is InChI=1S/C20H19N3O3S2/c24-20(17-6-7-18-19(14-17)27-15-21-18)22-9-11-23(12-10-22)28(25,26)13-8-16-4-2-1-3-5-16/h1-8,13-15H,9-12H2/b13-8+. The zero-order valence-corrected chi connectivity index (χ0v) is 16.7. The van der Waals surface area contributed by atoms with E-state index in [4.69, 9.17) is 0 Å². The molecule has 6 nitrogen and oxygen atoms in total. The van der Waals surface area contributed by atoms with Crippen molar-refractivity contribution in [1.29, 1.82) is 0 Å². The molecule has 2 aromatic carbocycles. The highest BCUT2D eigenvalue weighted by molar-refractivity contribution is 7.92. The maximum atomic E-state index is 12.8. The van der Waals surface area contributed by atoms with Gasteiger partial charge >= 0.3 is 0 Å². The number of benzene rings is 2. The van der Waals surface area contributed by atoms with Crippen LogP contribution in [0.25, 0.3) is 16.3 Å². The molecule has 0 spiro atoms. The fourth-order valence-electron chi connectivity index (χ4n) is 3.13. The highest BCUT2D eigenvalue weighted by Gasteiger charge is 2.28. The zero-order chi connectivity index (χ0) is 19.6. The normalized spacial score (nSPS) is 16.1. The molecule has 144 valence electrons. The summed E-state index contributed by atoms with van der Waals surface area (Å²) < 4.78 is 27.5. The van der Waals surface area contributed by atoms with Gasteiger partial charge in [0.1, 0.15) is 0 Å². The molecule has 1 aliphatic rings. The van der Waals surface area contributed by atoms with E-state index in [-0.39, 0.29) is 19.0 Å². The molecule has 28 heavy (non-hydrogen) atoms. The summed E-state index contributed by atoms with van der Waals surface area (Å²) >= 11 is 1.50. The molecule has 0 bridgehead atoms. The summed E-state index contributed by atoms with van der Waals surface area (Å²) in [4.78, 5) is 18.7. The highest BCUT2D eigenvalue weighted by Crippen LogP contribution is 2.21. The van der Waals surface area contributed by atoms with Crippen LogP contribution in [0.1, 0.15) is 15.9 Å². The van der Waals surface area contributed by atoms with Crippen molar-refractivity contribution in [3.63, 3.8) is 0 Å². The average Bonchev–Trinajstić information content (AvgIpc) is 3.20. The number of hydrogen-bond acceptors (Lipinski definition) is 5. The monoisotopic (exact) mass is 413 g/mol. The van der Waals surface area contributed by atoms with Crippen LogP contribution in [0, 0.1) is 0 Å². The third-order valence-electron chi connectivity index (χ3n) is 4.70. The fourth-order valence-corrected chi connectivity index (χ4v) is 5.02. The van der Waals surface area contributed by atoms with Crippen LogP contribution in [-0.2, 0) is 10.0 Å². The number of nitrogens with zero attached hydrogens (tertiary/aromatic N) is 3. The minimum Gasteiger partial charge on any atom is -0.336 e. The third kappa shape index (κ3) is 3.99. The second-order valence-corrected chi connectivity index (χ2v) is 9.19. The van der Waals surface area contributed by atoms with Crippen molar-refractivity contribution < 1.29 is 13.2 Å². The van der Waals surface area contributed by atoms with Crippen LogP contribution in [0.2, 0.25) is 0 Å². The van der Waals surface area contributed by atoms with Gasteiger partial charge in [-0.25, -0.2) is 13.4 Å². The summed E-state index contributed by atoms with van der Waals surface area (Å²) in [6.07, 6.45) is 1.59. The molecule has 0 unspecified atom stereocenters. The first-order chi connectivity index (χ1) is 13.5. The molecule has 1 amide bonds. The zero-order valence-electron chi connectivity index (χ0n) is 15.1. The maximum Gasteiger partial charge on any atom is 0.253 e. The van der Waals surface area contributed by atoms with Gasteiger partial charge in [-0.05, 0) is 29.8 Å². The third-order valence-corrected chi connectivity index (χ3v) is 7.05. The fraction of sp³-hybridized carbons (Fsp3) is 0.200. The number of fused-ring (bicyclic) bond motifs is 1. The van der Waals surface area contributed by atoms with Crippen molar-refractivity contribution in [2.75, 3.05) is 26.2 Å². The van der Waals surface area contributed by atoms with E-state index in [0.717, 1.165) is 15.8 Å². The number of sulfonamides is 1. The number of amides is 1. The van der Waals surface area contributed by atoms with Crippen molar-refractivity contribution in [2.45, 2.75) is 0 Å². The molecule has 0 radical (unpaired) electrons. The van der Waals surface area contributed by atoms with Crippen LogP contribution < -0.4 is 0 Å². The number of thiazole rings is 1. The molecule has 0 atom stereocenters. The molecule has 4 rings (SSSR count). The van der Waals surface area contributed by atoms with E-state index in [9.17, 15) is 13.2 Å². The Morgan fingerprint density at radius 1 is 1.04 bits per heavy atom. The van der Waals surface area contributed by atoms with Gasteiger partial charge in [0.2, 0.25) is 10.0 Å². The van der Waals surface area contributed by atoms with E-state index in [2.05, 4.69) is 4.98 Å². The van der Waals surface area contributed by atoms with E-state index in [1.54, 1.807) is 22.6 Å². The quantitative estimate of drug-likeness (QED) is 0.659. The van der Waals surface area contributed by atoms with Gasteiger partial charge < -0.3 is 4.90 Å². The van der Waals surface area contributed by atoms with Crippen LogP contribution >= 0.6 is 11.3 Å². The minimum absolute atomic E-state index is 0.0767. The minimum atomic E-state index is -3.51. The van der Waals surface area contributed by atoms with E-state index < -0.39 is 10.0 Å². The molecule has 8 heteroatoms. The number of piperazine rings is 1. The van der Waals surface area contributed by atoms with Crippen LogP contribution in [-0.4, -0.2) is 54.7 Å². The first-order valence-corrected chi connectivity index (χ1v) is 11.3. The average molecular weight is 414 g/mol. The Hall–Kier alpha value is -2.55. The lowest BCUT2D eigenvalue weighted by Gasteiger charge is -2.33. The molecule has 3 aromatic rings. The first-order valence-electron chi connectivity index (χ1n) is 8.89.